The standard InChI is InChI=1S/C91H150O17P2/c1-5-9-13-17-21-25-29-33-36-39-42-45-48-52-55-59-63-67-71-75-88(93)101-81-86(107-90(95)77-73-69-65-61-57-51-32-28-24-20-16-12-8-4)83-105-109(97,98)103-79-85(92)80-104-110(99,100)106-84-87(108-91(96)78-74-70-66-62-58-54-50-47-44-41-38-35-31-27-23-19-15-11-7-3)82-102-89(94)76-72-68-64-60-56-53-49-46-43-40-37-34-30-26-22-18-14-10-6-2/h9-10,13-14,16,20-23,25-28,32-38,42-47,53,56,85-87,92H,5-8,11-12,15,17-19,24,29-31,39-41,48-52,54-55,57-84H2,1-4H3,(H,97,98)(H,99,100)/b13-9-,14-10-,20-16-,25-21-,26-22-,27-23-,32-28-,36-33-,37-34-,38-35-,45-42-,46-43-,47-44-,56-53-. The van der Waals surface area contributed by atoms with Crippen molar-refractivity contribution < 1.29 is 80.2 Å². The Morgan fingerprint density at radius 2 is 0.491 bits per heavy atom. The molecule has 0 spiro atoms. The summed E-state index contributed by atoms with van der Waals surface area (Å²) in [5.41, 5.74) is 0. The summed E-state index contributed by atoms with van der Waals surface area (Å²) in [5, 5.41) is 10.7. The number of carbonyl (C=O) groups excluding carboxylic acids is 4. The topological polar surface area (TPSA) is 237 Å². The third-order valence-corrected chi connectivity index (χ3v) is 19.0. The van der Waals surface area contributed by atoms with Crippen molar-refractivity contribution in [3.05, 3.63) is 170 Å². The van der Waals surface area contributed by atoms with Crippen molar-refractivity contribution in [3.63, 3.8) is 0 Å². The third-order valence-electron chi connectivity index (χ3n) is 17.1. The molecule has 0 saturated heterocycles. The van der Waals surface area contributed by atoms with Crippen LogP contribution in [-0.4, -0.2) is 96.7 Å². The summed E-state index contributed by atoms with van der Waals surface area (Å²) in [6.45, 7) is 4.48. The number of aliphatic hydroxyl groups is 1. The molecule has 0 amide bonds. The van der Waals surface area contributed by atoms with E-state index in [9.17, 15) is 43.2 Å². The fourth-order valence-corrected chi connectivity index (χ4v) is 12.3. The lowest BCUT2D eigenvalue weighted by atomic mass is 10.1. The predicted octanol–water partition coefficient (Wildman–Crippen LogP) is 25.3. The van der Waals surface area contributed by atoms with Gasteiger partial charge in [0.1, 0.15) is 19.3 Å². The number of allylic oxidation sites excluding steroid dienone is 28. The lowest BCUT2D eigenvalue weighted by molar-refractivity contribution is -0.161. The molecule has 5 atom stereocenters. The quantitative estimate of drug-likeness (QED) is 0.0169. The average Bonchev–Trinajstić information content (AvgIpc) is 0.900. The molecule has 5 unspecified atom stereocenters. The minimum absolute atomic E-state index is 0.0667. The first-order chi connectivity index (χ1) is 53.7. The summed E-state index contributed by atoms with van der Waals surface area (Å²) >= 11 is 0. The molecule has 0 saturated carbocycles. The number of aliphatic hydroxyl groups excluding tert-OH is 1. The van der Waals surface area contributed by atoms with Crippen molar-refractivity contribution >= 4 is 39.5 Å². The van der Waals surface area contributed by atoms with Gasteiger partial charge in [0.05, 0.1) is 26.4 Å². The molecule has 0 aliphatic heterocycles. The van der Waals surface area contributed by atoms with Crippen molar-refractivity contribution in [1.82, 2.24) is 0 Å². The summed E-state index contributed by atoms with van der Waals surface area (Å²) in [6, 6.07) is 0. The number of rotatable bonds is 78. The first-order valence-corrected chi connectivity index (χ1v) is 45.4. The van der Waals surface area contributed by atoms with E-state index < -0.39 is 97.5 Å². The van der Waals surface area contributed by atoms with E-state index in [1.54, 1.807) is 0 Å². The van der Waals surface area contributed by atoms with Crippen LogP contribution in [0.2, 0.25) is 0 Å². The lowest BCUT2D eigenvalue weighted by Crippen LogP contribution is -2.30. The molecular weight excluding hydrogens is 1430 g/mol. The zero-order valence-corrected chi connectivity index (χ0v) is 70.4. The molecule has 0 aromatic rings. The number of hydrogen-bond donors (Lipinski definition) is 3. The van der Waals surface area contributed by atoms with Crippen molar-refractivity contribution in [2.75, 3.05) is 39.6 Å². The summed E-state index contributed by atoms with van der Waals surface area (Å²) in [5.74, 6) is -2.26. The highest BCUT2D eigenvalue weighted by molar-refractivity contribution is 7.47. The lowest BCUT2D eigenvalue weighted by Gasteiger charge is -2.21. The van der Waals surface area contributed by atoms with Gasteiger partial charge in [-0.3, -0.25) is 37.3 Å². The van der Waals surface area contributed by atoms with Crippen molar-refractivity contribution in [2.24, 2.45) is 0 Å². The molecule has 0 rings (SSSR count). The van der Waals surface area contributed by atoms with Crippen LogP contribution in [0.1, 0.15) is 323 Å². The first kappa shape index (κ1) is 104. The third kappa shape index (κ3) is 80.5. The van der Waals surface area contributed by atoms with Crippen LogP contribution in [0.3, 0.4) is 0 Å². The summed E-state index contributed by atoms with van der Waals surface area (Å²) in [7, 11) is -10.00. The molecule has 0 aliphatic carbocycles. The van der Waals surface area contributed by atoms with E-state index in [1.165, 1.54) is 19.3 Å². The molecule has 0 fully saturated rings. The number of unbranched alkanes of at least 4 members (excludes halogenated alkanes) is 24. The molecule has 17 nitrogen and oxygen atoms in total. The van der Waals surface area contributed by atoms with Crippen LogP contribution < -0.4 is 0 Å². The highest BCUT2D eigenvalue weighted by atomic mass is 31.2. The van der Waals surface area contributed by atoms with Gasteiger partial charge in [0.15, 0.2) is 12.2 Å². The average molecular weight is 1580 g/mol. The Kier molecular flexibility index (Phi) is 77.3. The molecule has 0 radical (unpaired) electrons. The van der Waals surface area contributed by atoms with E-state index in [2.05, 4.69) is 198 Å². The van der Waals surface area contributed by atoms with Gasteiger partial charge in [-0.1, -0.05) is 294 Å². The maximum absolute atomic E-state index is 13.1. The van der Waals surface area contributed by atoms with Gasteiger partial charge in [-0.05, 0) is 173 Å². The molecule has 110 heavy (non-hydrogen) atoms. The molecule has 0 aromatic carbocycles. The van der Waals surface area contributed by atoms with E-state index in [4.69, 9.17) is 37.0 Å². The van der Waals surface area contributed by atoms with Crippen molar-refractivity contribution in [2.45, 2.75) is 341 Å². The summed E-state index contributed by atoms with van der Waals surface area (Å²) < 4.78 is 68.7. The van der Waals surface area contributed by atoms with Gasteiger partial charge in [0.2, 0.25) is 0 Å². The molecular formula is C91H150O17P2. The van der Waals surface area contributed by atoms with Gasteiger partial charge >= 0.3 is 39.5 Å². The number of ether oxygens (including phenoxy) is 4. The van der Waals surface area contributed by atoms with Crippen molar-refractivity contribution in [3.8, 4) is 0 Å². The minimum Gasteiger partial charge on any atom is -0.462 e. The minimum atomic E-state index is -5.00. The number of hydrogen-bond acceptors (Lipinski definition) is 15. The van der Waals surface area contributed by atoms with E-state index >= 15 is 0 Å². The maximum atomic E-state index is 13.1. The second-order valence-electron chi connectivity index (χ2n) is 27.6. The Morgan fingerprint density at radius 1 is 0.264 bits per heavy atom. The Morgan fingerprint density at radius 3 is 0.773 bits per heavy atom. The van der Waals surface area contributed by atoms with E-state index in [0.717, 1.165) is 225 Å². The van der Waals surface area contributed by atoms with Crippen molar-refractivity contribution in [1.29, 1.82) is 0 Å². The summed E-state index contributed by atoms with van der Waals surface area (Å²) in [4.78, 5) is 73.2. The zero-order chi connectivity index (χ0) is 80.3. The van der Waals surface area contributed by atoms with E-state index in [1.807, 2.05) is 0 Å². The molecule has 3 N–H and O–H groups in total. The first-order valence-electron chi connectivity index (χ1n) is 42.4. The van der Waals surface area contributed by atoms with Crippen LogP contribution in [-0.2, 0) is 65.4 Å². The fourth-order valence-electron chi connectivity index (χ4n) is 10.8. The second-order valence-corrected chi connectivity index (χ2v) is 30.6. The highest BCUT2D eigenvalue weighted by Crippen LogP contribution is 2.45. The van der Waals surface area contributed by atoms with Crippen LogP contribution in [0.25, 0.3) is 0 Å². The Bertz CT molecular complexity index is 2750. The normalized spacial score (nSPS) is 14.6. The van der Waals surface area contributed by atoms with Gasteiger partial charge in [0, 0.05) is 25.7 Å². The molecule has 0 aromatic heterocycles. The smallest absolute Gasteiger partial charge is 0.462 e. The number of phosphoric acid groups is 2. The van der Waals surface area contributed by atoms with Crippen LogP contribution in [0, 0.1) is 0 Å². The number of carbonyl (C=O) groups is 4. The number of esters is 4. The van der Waals surface area contributed by atoms with Gasteiger partial charge in [-0.15, -0.1) is 0 Å². The Labute approximate surface area is 667 Å². The predicted molar refractivity (Wildman–Crippen MR) is 454 cm³/mol. The second kappa shape index (κ2) is 81.4. The van der Waals surface area contributed by atoms with Crippen LogP contribution in [0.15, 0.2) is 170 Å². The van der Waals surface area contributed by atoms with Gasteiger partial charge < -0.3 is 33.8 Å². The highest BCUT2D eigenvalue weighted by Gasteiger charge is 2.30. The number of phosphoric ester groups is 2. The molecule has 0 aliphatic rings. The van der Waals surface area contributed by atoms with Gasteiger partial charge in [-0.25, -0.2) is 9.13 Å². The molecule has 19 heteroatoms. The SMILES string of the molecule is CC/C=C\C/C=C\C/C=C\C/C=C\C/C=C\CCCCCC(=O)OCC(COP(=O)(O)OCC(O)COP(=O)(O)OCC(COC(=O)CCCCCCCC/C=C\C/C=C\C/C=C\C/C=C\CC)OC(=O)CCCCCCC/C=C\C/C=C\CCC)OC(=O)CCCCCCCC/C=C\C/C=C\C/C=C\CCCCC. The van der Waals surface area contributed by atoms with Gasteiger partial charge in [-0.2, -0.15) is 0 Å². The van der Waals surface area contributed by atoms with E-state index in [-0.39, 0.29) is 25.7 Å². The van der Waals surface area contributed by atoms with Crippen LogP contribution in [0.5, 0.6) is 0 Å². The van der Waals surface area contributed by atoms with E-state index in [0.29, 0.717) is 25.7 Å². The fraction of sp³-hybridized carbons (Fsp3) is 0.648. The Balaban J connectivity index is 5.44. The zero-order valence-electron chi connectivity index (χ0n) is 68.6. The summed E-state index contributed by atoms with van der Waals surface area (Å²) in [6.07, 6.45) is 97.4. The van der Waals surface area contributed by atoms with Crippen LogP contribution in [0.4, 0.5) is 0 Å². The molecule has 0 bridgehead atoms. The Hall–Kier alpha value is -5.58. The maximum Gasteiger partial charge on any atom is 0.472 e. The monoisotopic (exact) mass is 1580 g/mol. The largest absolute Gasteiger partial charge is 0.472 e. The van der Waals surface area contributed by atoms with Crippen LogP contribution >= 0.6 is 15.6 Å². The van der Waals surface area contributed by atoms with Gasteiger partial charge in [0.25, 0.3) is 0 Å². The molecule has 626 valence electrons. The molecule has 0 heterocycles.